The fourth-order valence-electron chi connectivity index (χ4n) is 2.85. The van der Waals surface area contributed by atoms with Gasteiger partial charge >= 0.3 is 0 Å². The van der Waals surface area contributed by atoms with E-state index in [2.05, 4.69) is 20.4 Å². The zero-order chi connectivity index (χ0) is 21.3. The fourth-order valence-corrected chi connectivity index (χ4v) is 2.85. The van der Waals surface area contributed by atoms with Crippen molar-refractivity contribution in [3.05, 3.63) is 82.2 Å². The van der Waals surface area contributed by atoms with Gasteiger partial charge in [0.2, 0.25) is 5.95 Å². The number of anilines is 1. The van der Waals surface area contributed by atoms with Crippen molar-refractivity contribution in [3.8, 4) is 17.4 Å². The third-order valence-corrected chi connectivity index (χ3v) is 4.35. The second-order valence-corrected chi connectivity index (χ2v) is 6.92. The molecule has 0 aliphatic rings. The van der Waals surface area contributed by atoms with Gasteiger partial charge < -0.3 is 9.73 Å². The van der Waals surface area contributed by atoms with Crippen LogP contribution in [0.15, 0.2) is 64.0 Å². The number of rotatable bonds is 5. The molecule has 2 N–H and O–H groups in total. The Balaban J connectivity index is 1.80. The third-order valence-electron chi connectivity index (χ3n) is 4.35. The van der Waals surface area contributed by atoms with Crippen molar-refractivity contribution in [2.75, 3.05) is 5.32 Å². The summed E-state index contributed by atoms with van der Waals surface area (Å²) in [5.74, 6) is -0.209. The molecule has 0 aliphatic heterocycles. The molecule has 8 nitrogen and oxygen atoms in total. The van der Waals surface area contributed by atoms with E-state index in [1.165, 1.54) is 35.2 Å². The van der Waals surface area contributed by atoms with E-state index < -0.39 is 11.7 Å². The van der Waals surface area contributed by atoms with Gasteiger partial charge in [0.25, 0.3) is 11.5 Å². The summed E-state index contributed by atoms with van der Waals surface area (Å²) in [6.07, 6.45) is 1.50. The maximum absolute atomic E-state index is 13.5. The predicted molar refractivity (Wildman–Crippen MR) is 108 cm³/mol. The number of carbonyl (C=O) groups is 1. The molecule has 4 rings (SSSR count). The number of aromatic amines is 1. The van der Waals surface area contributed by atoms with Gasteiger partial charge in [-0.25, -0.2) is 9.37 Å². The third kappa shape index (κ3) is 3.90. The van der Waals surface area contributed by atoms with Gasteiger partial charge in [-0.2, -0.15) is 9.78 Å². The number of hydrogen-bond donors (Lipinski definition) is 2. The average molecular weight is 407 g/mol. The molecular weight excluding hydrogens is 389 g/mol. The molecule has 0 saturated heterocycles. The molecule has 4 aromatic rings. The van der Waals surface area contributed by atoms with Crippen LogP contribution in [0.25, 0.3) is 17.4 Å². The van der Waals surface area contributed by atoms with Gasteiger partial charge in [-0.05, 0) is 36.2 Å². The number of benzene rings is 1. The van der Waals surface area contributed by atoms with Crippen molar-refractivity contribution in [2.45, 2.75) is 19.8 Å². The lowest BCUT2D eigenvalue weighted by atomic mass is 10.1. The minimum absolute atomic E-state index is 0.0106. The van der Waals surface area contributed by atoms with Crippen LogP contribution >= 0.6 is 0 Å². The van der Waals surface area contributed by atoms with Crippen molar-refractivity contribution >= 4 is 11.7 Å². The Labute approximate surface area is 170 Å². The number of hydrogen-bond acceptors (Lipinski definition) is 5. The standard InChI is InChI=1S/C21H18FN5O3/c1-12(2)15-11-19(28)25-21(23-15)27-18(10-16(26-27)17-7-4-8-30-17)24-20(29)13-5-3-6-14(22)9-13/h3-12H,1-2H3,(H,24,29)(H,23,25,28). The molecule has 9 heteroatoms. The van der Waals surface area contributed by atoms with Crippen LogP contribution < -0.4 is 10.9 Å². The molecule has 1 amide bonds. The van der Waals surface area contributed by atoms with Gasteiger partial charge in [-0.3, -0.25) is 14.6 Å². The van der Waals surface area contributed by atoms with Crippen molar-refractivity contribution in [3.63, 3.8) is 0 Å². The Kier molecular flexibility index (Phi) is 5.01. The number of amides is 1. The minimum Gasteiger partial charge on any atom is -0.463 e. The molecule has 0 spiro atoms. The topological polar surface area (TPSA) is 106 Å². The van der Waals surface area contributed by atoms with E-state index in [4.69, 9.17) is 4.42 Å². The first-order valence-electron chi connectivity index (χ1n) is 9.23. The normalized spacial score (nSPS) is 11.1. The zero-order valence-electron chi connectivity index (χ0n) is 16.2. The van der Waals surface area contributed by atoms with Crippen molar-refractivity contribution in [1.29, 1.82) is 0 Å². The summed E-state index contributed by atoms with van der Waals surface area (Å²) < 4.78 is 20.2. The lowest BCUT2D eigenvalue weighted by Crippen LogP contribution is -2.19. The number of nitrogens with one attached hydrogen (secondary N) is 2. The lowest BCUT2D eigenvalue weighted by molar-refractivity contribution is 0.102. The fraction of sp³-hybridized carbons (Fsp3) is 0.143. The summed E-state index contributed by atoms with van der Waals surface area (Å²) in [6.45, 7) is 3.82. The molecular formula is C21H18FN5O3. The largest absolute Gasteiger partial charge is 0.463 e. The second kappa shape index (κ2) is 7.78. The quantitative estimate of drug-likeness (QED) is 0.524. The molecule has 0 fully saturated rings. The highest BCUT2D eigenvalue weighted by atomic mass is 19.1. The van der Waals surface area contributed by atoms with Gasteiger partial charge in [0.15, 0.2) is 5.76 Å². The molecule has 0 unspecified atom stereocenters. The van der Waals surface area contributed by atoms with Crippen molar-refractivity contribution in [2.24, 2.45) is 0 Å². The summed E-state index contributed by atoms with van der Waals surface area (Å²) in [5, 5.41) is 7.12. The minimum atomic E-state index is -0.538. The number of H-pyrrole nitrogens is 1. The maximum Gasteiger partial charge on any atom is 0.256 e. The number of halogens is 1. The van der Waals surface area contributed by atoms with Crippen LogP contribution in [-0.4, -0.2) is 25.7 Å². The summed E-state index contributed by atoms with van der Waals surface area (Å²) in [4.78, 5) is 31.9. The summed E-state index contributed by atoms with van der Waals surface area (Å²) >= 11 is 0. The zero-order valence-corrected chi connectivity index (χ0v) is 16.2. The first-order chi connectivity index (χ1) is 14.4. The molecule has 0 atom stereocenters. The maximum atomic E-state index is 13.5. The number of carbonyl (C=O) groups excluding carboxylic acids is 1. The van der Waals surface area contributed by atoms with Gasteiger partial charge in [0.1, 0.15) is 17.3 Å². The predicted octanol–water partition coefficient (Wildman–Crippen LogP) is 3.73. The second-order valence-electron chi connectivity index (χ2n) is 6.92. The molecule has 30 heavy (non-hydrogen) atoms. The highest BCUT2D eigenvalue weighted by Gasteiger charge is 2.18. The smallest absolute Gasteiger partial charge is 0.256 e. The van der Waals surface area contributed by atoms with Crippen LogP contribution in [-0.2, 0) is 0 Å². The average Bonchev–Trinajstić information content (AvgIpc) is 3.37. The Morgan fingerprint density at radius 2 is 2.03 bits per heavy atom. The van der Waals surface area contributed by atoms with Crippen LogP contribution in [0.4, 0.5) is 10.2 Å². The van der Waals surface area contributed by atoms with E-state index in [9.17, 15) is 14.0 Å². The summed E-state index contributed by atoms with van der Waals surface area (Å²) in [7, 11) is 0. The van der Waals surface area contributed by atoms with E-state index in [-0.39, 0.29) is 28.8 Å². The highest BCUT2D eigenvalue weighted by molar-refractivity contribution is 6.04. The van der Waals surface area contributed by atoms with Gasteiger partial charge in [-0.15, -0.1) is 0 Å². The molecule has 3 heterocycles. The lowest BCUT2D eigenvalue weighted by Gasteiger charge is -2.10. The van der Waals surface area contributed by atoms with E-state index in [0.29, 0.717) is 17.1 Å². The van der Waals surface area contributed by atoms with Crippen LogP contribution in [0.1, 0.15) is 35.8 Å². The Bertz CT molecular complexity index is 1260. The summed E-state index contributed by atoms with van der Waals surface area (Å²) in [5.41, 5.74) is 0.791. The van der Waals surface area contributed by atoms with Crippen LogP contribution in [0.2, 0.25) is 0 Å². The van der Waals surface area contributed by atoms with Crippen molar-refractivity contribution in [1.82, 2.24) is 19.7 Å². The number of furan rings is 1. The molecule has 0 bridgehead atoms. The van der Waals surface area contributed by atoms with Crippen LogP contribution in [0.3, 0.4) is 0 Å². The summed E-state index contributed by atoms with van der Waals surface area (Å²) in [6, 6.07) is 11.7. The Morgan fingerprint density at radius 3 is 2.73 bits per heavy atom. The van der Waals surface area contributed by atoms with Crippen molar-refractivity contribution < 1.29 is 13.6 Å². The van der Waals surface area contributed by atoms with E-state index in [1.807, 2.05) is 13.8 Å². The first kappa shape index (κ1) is 19.3. The SMILES string of the molecule is CC(C)c1cc(=O)[nH]c(-n2nc(-c3ccco3)cc2NC(=O)c2cccc(F)c2)n1. The molecule has 1 aromatic carbocycles. The molecule has 152 valence electrons. The monoisotopic (exact) mass is 407 g/mol. The first-order valence-corrected chi connectivity index (χ1v) is 9.23. The van der Waals surface area contributed by atoms with Gasteiger partial charge in [-0.1, -0.05) is 19.9 Å². The number of aromatic nitrogens is 4. The molecule has 3 aromatic heterocycles. The van der Waals surface area contributed by atoms with Crippen LogP contribution in [0.5, 0.6) is 0 Å². The Hall–Kier alpha value is -4.01. The Morgan fingerprint density at radius 1 is 1.20 bits per heavy atom. The highest BCUT2D eigenvalue weighted by Crippen LogP contribution is 2.25. The van der Waals surface area contributed by atoms with Crippen LogP contribution in [0, 0.1) is 5.82 Å². The van der Waals surface area contributed by atoms with E-state index >= 15 is 0 Å². The van der Waals surface area contributed by atoms with E-state index in [1.54, 1.807) is 18.2 Å². The number of nitrogens with zero attached hydrogens (tertiary/aromatic N) is 3. The molecule has 0 aliphatic carbocycles. The van der Waals surface area contributed by atoms with E-state index in [0.717, 1.165) is 6.07 Å². The molecule has 0 saturated carbocycles. The van der Waals surface area contributed by atoms with Gasteiger partial charge in [0.05, 0.1) is 12.0 Å². The molecule has 0 radical (unpaired) electrons. The van der Waals surface area contributed by atoms with Gasteiger partial charge in [0, 0.05) is 17.7 Å².